The van der Waals surface area contributed by atoms with Crippen molar-refractivity contribution in [1.82, 2.24) is 10.6 Å². The van der Waals surface area contributed by atoms with Crippen molar-refractivity contribution in [3.63, 3.8) is 0 Å². The summed E-state index contributed by atoms with van der Waals surface area (Å²) in [6.07, 6.45) is 5.20. The number of hydrogen-bond acceptors (Lipinski definition) is 5. The number of carbonyl (C=O) groups excluding carboxylic acids is 2. The van der Waals surface area contributed by atoms with E-state index in [1.54, 1.807) is 24.3 Å². The third kappa shape index (κ3) is 5.87. The Bertz CT molecular complexity index is 1260. The van der Waals surface area contributed by atoms with Gasteiger partial charge in [-0.05, 0) is 91.8 Å². The zero-order valence-electron chi connectivity index (χ0n) is 20.0. The van der Waals surface area contributed by atoms with Crippen LogP contribution >= 0.6 is 11.3 Å². The minimum atomic E-state index is -0.731. The summed E-state index contributed by atoms with van der Waals surface area (Å²) in [6.45, 7) is 0.665. The van der Waals surface area contributed by atoms with Crippen molar-refractivity contribution in [1.29, 1.82) is 0 Å². The standard InChI is InChI=1S/C28H30N2O5S/c31-26(18-3-8-22(9-4-18)35-23-10-5-19(6-11-23)28(33)34)29-13-14-30-27(32)25-16-21-15-20(17-1-2-17)7-12-24(21)36-25/h3-4,7-9,12,15-17,19,23H,1-2,5-6,10-11,13-14H2,(H,29,31)(H,30,32)(H,33,34)/t19-,23+. The van der Waals surface area contributed by atoms with Crippen LogP contribution in [0.1, 0.15) is 70.0 Å². The van der Waals surface area contributed by atoms with E-state index in [9.17, 15) is 14.4 Å². The molecule has 2 fully saturated rings. The molecule has 2 saturated carbocycles. The predicted octanol–water partition coefficient (Wildman–Crippen LogP) is 4.96. The number of fused-ring (bicyclic) bond motifs is 1. The zero-order valence-corrected chi connectivity index (χ0v) is 20.8. The summed E-state index contributed by atoms with van der Waals surface area (Å²) in [7, 11) is 0. The predicted molar refractivity (Wildman–Crippen MR) is 139 cm³/mol. The first kappa shape index (κ1) is 24.3. The van der Waals surface area contributed by atoms with Gasteiger partial charge in [0.15, 0.2) is 0 Å². The molecule has 0 radical (unpaired) electrons. The molecule has 0 aliphatic heterocycles. The Kier molecular flexibility index (Phi) is 7.23. The number of ether oxygens (including phenoxy) is 1. The van der Waals surface area contributed by atoms with Crippen LogP contribution in [0.2, 0.25) is 0 Å². The number of carboxylic acid groups (broad SMARTS) is 1. The SMILES string of the molecule is O=C(NCCNC(=O)c1cc2cc(C3CC3)ccc2s1)c1ccc(O[C@H]2CC[C@@H](C(=O)O)CC2)cc1. The van der Waals surface area contributed by atoms with Gasteiger partial charge in [0.2, 0.25) is 0 Å². The summed E-state index contributed by atoms with van der Waals surface area (Å²) < 4.78 is 7.07. The van der Waals surface area contributed by atoms with Crippen molar-refractivity contribution in [2.24, 2.45) is 5.92 Å². The van der Waals surface area contributed by atoms with E-state index in [-0.39, 0.29) is 23.8 Å². The van der Waals surface area contributed by atoms with Gasteiger partial charge in [-0.1, -0.05) is 12.1 Å². The molecule has 2 amide bonds. The Hall–Kier alpha value is -3.39. The number of benzene rings is 2. The van der Waals surface area contributed by atoms with E-state index < -0.39 is 5.97 Å². The molecule has 0 unspecified atom stereocenters. The second-order valence-electron chi connectivity index (χ2n) is 9.65. The molecule has 1 heterocycles. The summed E-state index contributed by atoms with van der Waals surface area (Å²) in [4.78, 5) is 36.8. The van der Waals surface area contributed by atoms with Gasteiger partial charge in [-0.25, -0.2) is 0 Å². The van der Waals surface area contributed by atoms with Crippen LogP contribution in [0, 0.1) is 5.92 Å². The van der Waals surface area contributed by atoms with Crippen LogP contribution in [0.4, 0.5) is 0 Å². The van der Waals surface area contributed by atoms with Crippen LogP contribution in [0.3, 0.4) is 0 Å². The lowest BCUT2D eigenvalue weighted by molar-refractivity contribution is -0.143. The van der Waals surface area contributed by atoms with Crippen LogP contribution < -0.4 is 15.4 Å². The molecule has 3 N–H and O–H groups in total. The minimum Gasteiger partial charge on any atom is -0.490 e. The van der Waals surface area contributed by atoms with E-state index in [2.05, 4.69) is 28.8 Å². The van der Waals surface area contributed by atoms with Gasteiger partial charge in [0, 0.05) is 23.4 Å². The first-order valence-electron chi connectivity index (χ1n) is 12.6. The molecule has 188 valence electrons. The molecule has 0 spiro atoms. The number of thiophene rings is 1. The molecule has 0 bridgehead atoms. The Balaban J connectivity index is 1.04. The average molecular weight is 507 g/mol. The van der Waals surface area contributed by atoms with E-state index in [1.807, 2.05) is 6.07 Å². The molecule has 2 aromatic carbocycles. The number of amides is 2. The van der Waals surface area contributed by atoms with Gasteiger partial charge in [-0.15, -0.1) is 11.3 Å². The van der Waals surface area contributed by atoms with Crippen molar-refractivity contribution in [3.8, 4) is 5.75 Å². The molecule has 0 saturated heterocycles. The zero-order chi connectivity index (χ0) is 25.1. The van der Waals surface area contributed by atoms with Crippen LogP contribution in [0.15, 0.2) is 48.5 Å². The number of carbonyl (C=O) groups is 3. The topological polar surface area (TPSA) is 105 Å². The molecule has 36 heavy (non-hydrogen) atoms. The summed E-state index contributed by atoms with van der Waals surface area (Å²) in [5, 5.41) is 15.9. The van der Waals surface area contributed by atoms with E-state index >= 15 is 0 Å². The summed E-state index contributed by atoms with van der Waals surface area (Å²) in [5.41, 5.74) is 1.87. The first-order valence-corrected chi connectivity index (χ1v) is 13.4. The lowest BCUT2D eigenvalue weighted by atomic mass is 9.87. The highest BCUT2D eigenvalue weighted by atomic mass is 32.1. The summed E-state index contributed by atoms with van der Waals surface area (Å²) in [5.74, 6) is 0.00982. The Morgan fingerprint density at radius 2 is 1.56 bits per heavy atom. The van der Waals surface area contributed by atoms with Crippen molar-refractivity contribution in [2.45, 2.75) is 50.5 Å². The van der Waals surface area contributed by atoms with Gasteiger partial charge in [-0.2, -0.15) is 0 Å². The molecule has 0 atom stereocenters. The van der Waals surface area contributed by atoms with Gasteiger partial charge >= 0.3 is 5.97 Å². The monoisotopic (exact) mass is 506 g/mol. The van der Waals surface area contributed by atoms with E-state index in [0.29, 0.717) is 60.9 Å². The van der Waals surface area contributed by atoms with E-state index in [4.69, 9.17) is 9.84 Å². The highest BCUT2D eigenvalue weighted by molar-refractivity contribution is 7.20. The lowest BCUT2D eigenvalue weighted by Crippen LogP contribution is -2.34. The molecule has 1 aromatic heterocycles. The number of nitrogens with one attached hydrogen (secondary N) is 2. The van der Waals surface area contributed by atoms with Crippen LogP contribution in [-0.4, -0.2) is 42.1 Å². The third-order valence-electron chi connectivity index (χ3n) is 6.95. The lowest BCUT2D eigenvalue weighted by Gasteiger charge is -2.26. The highest BCUT2D eigenvalue weighted by Gasteiger charge is 2.27. The first-order chi connectivity index (χ1) is 17.5. The van der Waals surface area contributed by atoms with Crippen LogP contribution in [0.5, 0.6) is 5.75 Å². The maximum atomic E-state index is 12.6. The molecule has 8 heteroatoms. The van der Waals surface area contributed by atoms with Crippen molar-refractivity contribution >= 4 is 39.2 Å². The fraction of sp³-hybridized carbons (Fsp3) is 0.393. The minimum absolute atomic E-state index is 0.00470. The van der Waals surface area contributed by atoms with Gasteiger partial charge in [0.1, 0.15) is 5.75 Å². The quantitative estimate of drug-likeness (QED) is 0.356. The molecular formula is C28H30N2O5S. The number of hydrogen-bond donors (Lipinski definition) is 3. The van der Waals surface area contributed by atoms with Crippen LogP contribution in [-0.2, 0) is 4.79 Å². The number of carboxylic acids is 1. The fourth-order valence-electron chi connectivity index (χ4n) is 4.69. The van der Waals surface area contributed by atoms with Gasteiger partial charge in [0.25, 0.3) is 11.8 Å². The Labute approximate surface area is 213 Å². The van der Waals surface area contributed by atoms with Crippen molar-refractivity contribution in [3.05, 3.63) is 64.5 Å². The molecule has 3 aromatic rings. The van der Waals surface area contributed by atoms with Gasteiger partial charge in [0.05, 0.1) is 16.9 Å². The fourth-order valence-corrected chi connectivity index (χ4v) is 5.65. The number of aliphatic carboxylic acids is 1. The summed E-state index contributed by atoms with van der Waals surface area (Å²) in [6, 6.07) is 15.3. The molecule has 2 aliphatic carbocycles. The maximum Gasteiger partial charge on any atom is 0.306 e. The second-order valence-corrected chi connectivity index (χ2v) is 10.7. The van der Waals surface area contributed by atoms with Crippen molar-refractivity contribution in [2.75, 3.05) is 13.1 Å². The second kappa shape index (κ2) is 10.7. The smallest absolute Gasteiger partial charge is 0.306 e. The van der Waals surface area contributed by atoms with Gasteiger partial charge in [-0.3, -0.25) is 14.4 Å². The average Bonchev–Trinajstić information content (AvgIpc) is 3.65. The van der Waals surface area contributed by atoms with Gasteiger partial charge < -0.3 is 20.5 Å². The molecule has 2 aliphatic rings. The largest absolute Gasteiger partial charge is 0.490 e. The Morgan fingerprint density at radius 1 is 0.861 bits per heavy atom. The third-order valence-corrected chi connectivity index (χ3v) is 8.07. The van der Waals surface area contributed by atoms with Crippen LogP contribution in [0.25, 0.3) is 10.1 Å². The Morgan fingerprint density at radius 3 is 2.22 bits per heavy atom. The van der Waals surface area contributed by atoms with Crippen molar-refractivity contribution < 1.29 is 24.2 Å². The molecule has 7 nitrogen and oxygen atoms in total. The molecular weight excluding hydrogens is 476 g/mol. The molecule has 5 rings (SSSR count). The number of rotatable bonds is 9. The van der Waals surface area contributed by atoms with E-state index in [1.165, 1.54) is 29.7 Å². The van der Waals surface area contributed by atoms with E-state index in [0.717, 1.165) is 10.1 Å². The highest BCUT2D eigenvalue weighted by Crippen LogP contribution is 2.41. The summed E-state index contributed by atoms with van der Waals surface area (Å²) >= 11 is 1.48. The maximum absolute atomic E-state index is 12.6. The normalized spacial score (nSPS) is 19.6.